The molecule has 0 aliphatic rings. The summed E-state index contributed by atoms with van der Waals surface area (Å²) in [4.78, 5) is 11.0. The summed E-state index contributed by atoms with van der Waals surface area (Å²) in [5.74, 6) is 0.632. The van der Waals surface area contributed by atoms with Gasteiger partial charge in [0.25, 0.3) is 0 Å². The summed E-state index contributed by atoms with van der Waals surface area (Å²) in [7, 11) is 0. The summed E-state index contributed by atoms with van der Waals surface area (Å²) in [6.45, 7) is 0. The molecular formula is C50H31N5. The van der Waals surface area contributed by atoms with E-state index < -0.39 is 0 Å². The number of para-hydroxylation sites is 5. The summed E-state index contributed by atoms with van der Waals surface area (Å²) in [6, 6.07) is 67.0. The quantitative estimate of drug-likeness (QED) is 0.183. The van der Waals surface area contributed by atoms with E-state index in [1.54, 1.807) is 0 Å². The van der Waals surface area contributed by atoms with Crippen LogP contribution in [0.15, 0.2) is 188 Å². The van der Waals surface area contributed by atoms with Gasteiger partial charge in [-0.2, -0.15) is 0 Å². The van der Waals surface area contributed by atoms with Gasteiger partial charge in [0.15, 0.2) is 0 Å². The Morgan fingerprint density at radius 2 is 0.691 bits per heavy atom. The van der Waals surface area contributed by atoms with Crippen LogP contribution < -0.4 is 0 Å². The van der Waals surface area contributed by atoms with Crippen LogP contribution in [-0.4, -0.2) is 23.7 Å². The Balaban J connectivity index is 1.38. The standard InChI is InChI=1S/C50H31N5/c1-4-16-32(17-5-1)45-41-24-10-13-25-42(41)51-50(52-45)55-48-39(30-28-37-35-22-11-14-26-43(35)53(46(37)48)33-18-6-2-7-19-33)40-31-29-38-36-23-12-15-27-44(36)54(47(38)49(40)55)34-20-8-3-9-21-34/h1-31H. The van der Waals surface area contributed by atoms with Crippen molar-refractivity contribution < 1.29 is 0 Å². The largest absolute Gasteiger partial charge is 0.307 e. The van der Waals surface area contributed by atoms with E-state index in [1.807, 2.05) is 0 Å². The first-order chi connectivity index (χ1) is 27.3. The topological polar surface area (TPSA) is 40.6 Å². The fraction of sp³-hybridized carbons (Fsp3) is 0. The van der Waals surface area contributed by atoms with Crippen LogP contribution >= 0.6 is 0 Å². The number of hydrogen-bond acceptors (Lipinski definition) is 2. The van der Waals surface area contributed by atoms with Gasteiger partial charge < -0.3 is 9.13 Å². The molecule has 0 unspecified atom stereocenters. The summed E-state index contributed by atoms with van der Waals surface area (Å²) in [5, 5.41) is 8.07. The van der Waals surface area contributed by atoms with Crippen LogP contribution in [-0.2, 0) is 0 Å². The van der Waals surface area contributed by atoms with Gasteiger partial charge in [0.05, 0.1) is 44.3 Å². The van der Waals surface area contributed by atoms with Crippen molar-refractivity contribution in [2.24, 2.45) is 0 Å². The molecule has 0 bridgehead atoms. The molecule has 8 aromatic carbocycles. The fourth-order valence-corrected chi connectivity index (χ4v) is 8.95. The van der Waals surface area contributed by atoms with Crippen LogP contribution in [0.25, 0.3) is 105 Å². The Labute approximate surface area is 315 Å². The zero-order valence-electron chi connectivity index (χ0n) is 29.6. The van der Waals surface area contributed by atoms with Crippen molar-refractivity contribution in [3.63, 3.8) is 0 Å². The van der Waals surface area contributed by atoms with Crippen LogP contribution in [0.5, 0.6) is 0 Å². The van der Waals surface area contributed by atoms with Crippen LogP contribution in [0.2, 0.25) is 0 Å². The fourth-order valence-electron chi connectivity index (χ4n) is 8.95. The van der Waals surface area contributed by atoms with Gasteiger partial charge in [-0.3, -0.25) is 4.57 Å². The highest BCUT2D eigenvalue weighted by Gasteiger charge is 2.26. The molecule has 5 nitrogen and oxygen atoms in total. The number of hydrogen-bond donors (Lipinski definition) is 0. The smallest absolute Gasteiger partial charge is 0.235 e. The SMILES string of the molecule is c1ccc(-c2nc(-n3c4c(ccc5c6ccccc6n(-c6ccccc6)c54)c4ccc5c6ccccc6n(-c6ccccc6)c5c43)nc3ccccc23)cc1. The molecular weight excluding hydrogens is 671 g/mol. The maximum absolute atomic E-state index is 5.57. The predicted molar refractivity (Wildman–Crippen MR) is 228 cm³/mol. The second-order valence-corrected chi connectivity index (χ2v) is 14.2. The van der Waals surface area contributed by atoms with Gasteiger partial charge in [0.2, 0.25) is 5.95 Å². The molecule has 55 heavy (non-hydrogen) atoms. The summed E-state index contributed by atoms with van der Waals surface area (Å²) < 4.78 is 7.21. The van der Waals surface area contributed by atoms with E-state index in [4.69, 9.17) is 9.97 Å². The van der Waals surface area contributed by atoms with Crippen molar-refractivity contribution in [3.8, 4) is 28.6 Å². The molecule has 0 saturated carbocycles. The molecule has 0 atom stereocenters. The zero-order chi connectivity index (χ0) is 36.0. The molecule has 5 heteroatoms. The Morgan fingerprint density at radius 1 is 0.291 bits per heavy atom. The molecule has 0 N–H and O–H groups in total. The number of fused-ring (bicyclic) bond motifs is 12. The minimum atomic E-state index is 0.632. The van der Waals surface area contributed by atoms with Gasteiger partial charge in [-0.15, -0.1) is 0 Å². The highest BCUT2D eigenvalue weighted by atomic mass is 15.2. The lowest BCUT2D eigenvalue weighted by Gasteiger charge is -2.15. The van der Waals surface area contributed by atoms with Gasteiger partial charge in [-0.25, -0.2) is 9.97 Å². The Morgan fingerprint density at radius 3 is 1.22 bits per heavy atom. The van der Waals surface area contributed by atoms with Crippen LogP contribution in [0.1, 0.15) is 0 Å². The van der Waals surface area contributed by atoms with Gasteiger partial charge >= 0.3 is 0 Å². The average molecular weight is 702 g/mol. The third-order valence-corrected chi connectivity index (χ3v) is 11.2. The highest BCUT2D eigenvalue weighted by molar-refractivity contribution is 6.28. The van der Waals surface area contributed by atoms with Crippen molar-refractivity contribution in [1.82, 2.24) is 23.7 Å². The lowest BCUT2D eigenvalue weighted by molar-refractivity contribution is 1.01. The molecule has 12 aromatic rings. The van der Waals surface area contributed by atoms with E-state index in [1.165, 1.54) is 21.5 Å². The van der Waals surface area contributed by atoms with E-state index in [0.717, 1.165) is 77.4 Å². The summed E-state index contributed by atoms with van der Waals surface area (Å²) in [5.41, 5.74) is 11.7. The zero-order valence-corrected chi connectivity index (χ0v) is 29.6. The number of nitrogens with zero attached hydrogens (tertiary/aromatic N) is 5. The summed E-state index contributed by atoms with van der Waals surface area (Å²) in [6.07, 6.45) is 0. The van der Waals surface area contributed by atoms with Crippen LogP contribution in [0, 0.1) is 0 Å². The Hall–Kier alpha value is -7.50. The molecule has 0 amide bonds. The van der Waals surface area contributed by atoms with Crippen LogP contribution in [0.4, 0.5) is 0 Å². The third kappa shape index (κ3) is 4.23. The first-order valence-electron chi connectivity index (χ1n) is 18.7. The lowest BCUT2D eigenvalue weighted by atomic mass is 10.1. The van der Waals surface area contributed by atoms with E-state index in [0.29, 0.717) is 5.95 Å². The average Bonchev–Trinajstić information content (AvgIpc) is 3.90. The van der Waals surface area contributed by atoms with Gasteiger partial charge in [0.1, 0.15) is 0 Å². The first kappa shape index (κ1) is 30.0. The molecule has 0 saturated heterocycles. The van der Waals surface area contributed by atoms with Crippen molar-refractivity contribution in [1.29, 1.82) is 0 Å². The van der Waals surface area contributed by atoms with E-state index >= 15 is 0 Å². The van der Waals surface area contributed by atoms with E-state index in [-0.39, 0.29) is 0 Å². The normalized spacial score (nSPS) is 12.0. The molecule has 256 valence electrons. The molecule has 0 aliphatic heterocycles. The maximum atomic E-state index is 5.57. The van der Waals surface area contributed by atoms with E-state index in [9.17, 15) is 0 Å². The van der Waals surface area contributed by atoms with Crippen molar-refractivity contribution in [3.05, 3.63) is 188 Å². The molecule has 0 aliphatic carbocycles. The molecule has 0 radical (unpaired) electrons. The Bertz CT molecular complexity index is 3290. The second kappa shape index (κ2) is 11.5. The highest BCUT2D eigenvalue weighted by Crippen LogP contribution is 2.45. The number of aromatic nitrogens is 5. The van der Waals surface area contributed by atoms with Crippen LogP contribution in [0.3, 0.4) is 0 Å². The molecule has 12 rings (SSSR count). The monoisotopic (exact) mass is 701 g/mol. The van der Waals surface area contributed by atoms with Gasteiger partial charge in [0, 0.05) is 54.6 Å². The first-order valence-corrected chi connectivity index (χ1v) is 18.7. The van der Waals surface area contributed by atoms with Crippen molar-refractivity contribution in [2.75, 3.05) is 0 Å². The third-order valence-electron chi connectivity index (χ3n) is 11.2. The molecule has 0 spiro atoms. The summed E-state index contributed by atoms with van der Waals surface area (Å²) >= 11 is 0. The number of rotatable bonds is 4. The maximum Gasteiger partial charge on any atom is 0.235 e. The van der Waals surface area contributed by atoms with Crippen molar-refractivity contribution >= 4 is 76.3 Å². The van der Waals surface area contributed by atoms with Gasteiger partial charge in [-0.1, -0.05) is 146 Å². The Kier molecular flexibility index (Phi) is 6.27. The lowest BCUT2D eigenvalue weighted by Crippen LogP contribution is -2.06. The molecule has 4 heterocycles. The minimum Gasteiger partial charge on any atom is -0.307 e. The second-order valence-electron chi connectivity index (χ2n) is 14.2. The number of benzene rings is 8. The molecule has 4 aromatic heterocycles. The molecule has 0 fully saturated rings. The minimum absolute atomic E-state index is 0.632. The van der Waals surface area contributed by atoms with E-state index in [2.05, 4.69) is 202 Å². The van der Waals surface area contributed by atoms with Gasteiger partial charge in [-0.05, 0) is 42.5 Å². The van der Waals surface area contributed by atoms with Crippen molar-refractivity contribution in [2.45, 2.75) is 0 Å². The predicted octanol–water partition coefficient (Wildman–Crippen LogP) is 12.6.